The number of fused-ring (bicyclic) bond motifs is 3. The number of piperidine rings is 1. The van der Waals surface area contributed by atoms with Crippen LogP contribution in [0.3, 0.4) is 0 Å². The van der Waals surface area contributed by atoms with Crippen molar-refractivity contribution in [3.8, 4) is 0 Å². The van der Waals surface area contributed by atoms with Crippen molar-refractivity contribution >= 4 is 33.4 Å². The third kappa shape index (κ3) is 2.50. The number of nitrogens with two attached hydrogens (primary N) is 1. The standard InChI is InChI=1S/C19H24N6O/c20-18-17(16-14-2-1-6-21-19(14)23-15(16)10-22-18)24-7-3-12(4-8-24)25-9-5-13(26)11-25/h1-2,6,10,12-13,26H,3-5,7-9,11H2,(H2,20,22)(H,21,23)/t13-/m1/s1. The fourth-order valence-electron chi connectivity index (χ4n) is 4.59. The zero-order chi connectivity index (χ0) is 17.7. The molecule has 4 N–H and O–H groups in total. The summed E-state index contributed by atoms with van der Waals surface area (Å²) in [5.74, 6) is 0.581. The maximum absolute atomic E-state index is 9.81. The highest BCUT2D eigenvalue weighted by Crippen LogP contribution is 2.37. The number of aromatic amines is 1. The molecule has 26 heavy (non-hydrogen) atoms. The van der Waals surface area contributed by atoms with Gasteiger partial charge in [0, 0.05) is 49.2 Å². The lowest BCUT2D eigenvalue weighted by Gasteiger charge is -2.38. The number of nitrogens with one attached hydrogen (secondary N) is 1. The van der Waals surface area contributed by atoms with Crippen molar-refractivity contribution in [1.29, 1.82) is 0 Å². The summed E-state index contributed by atoms with van der Waals surface area (Å²) in [4.78, 5) is 17.0. The minimum absolute atomic E-state index is 0.152. The van der Waals surface area contributed by atoms with Crippen molar-refractivity contribution in [2.75, 3.05) is 36.8 Å². The molecule has 7 heteroatoms. The number of likely N-dealkylation sites (tertiary alicyclic amines) is 1. The number of nitrogens with zero attached hydrogens (tertiary/aromatic N) is 4. The van der Waals surface area contributed by atoms with Crippen molar-refractivity contribution in [3.05, 3.63) is 24.5 Å². The Morgan fingerprint density at radius 2 is 2.00 bits per heavy atom. The predicted molar refractivity (Wildman–Crippen MR) is 103 cm³/mol. The second kappa shape index (κ2) is 6.10. The maximum Gasteiger partial charge on any atom is 0.147 e. The van der Waals surface area contributed by atoms with Gasteiger partial charge in [-0.3, -0.25) is 4.90 Å². The number of nitrogen functional groups attached to an aromatic ring is 1. The smallest absolute Gasteiger partial charge is 0.147 e. The summed E-state index contributed by atoms with van der Waals surface area (Å²) in [7, 11) is 0. The van der Waals surface area contributed by atoms with Crippen LogP contribution >= 0.6 is 0 Å². The van der Waals surface area contributed by atoms with Crippen LogP contribution in [0.1, 0.15) is 19.3 Å². The molecule has 0 aromatic carbocycles. The van der Waals surface area contributed by atoms with E-state index in [2.05, 4.69) is 30.8 Å². The number of H-pyrrole nitrogens is 1. The van der Waals surface area contributed by atoms with E-state index in [0.29, 0.717) is 11.9 Å². The minimum atomic E-state index is -0.152. The van der Waals surface area contributed by atoms with E-state index in [1.165, 1.54) is 0 Å². The fourth-order valence-corrected chi connectivity index (χ4v) is 4.59. The molecule has 0 saturated carbocycles. The molecule has 2 aliphatic rings. The zero-order valence-corrected chi connectivity index (χ0v) is 14.7. The van der Waals surface area contributed by atoms with E-state index in [-0.39, 0.29) is 6.10 Å². The molecule has 2 aliphatic heterocycles. The third-order valence-electron chi connectivity index (χ3n) is 5.90. The summed E-state index contributed by atoms with van der Waals surface area (Å²) in [5, 5.41) is 12.0. The van der Waals surface area contributed by atoms with Gasteiger partial charge < -0.3 is 20.7 Å². The molecule has 3 aromatic heterocycles. The highest BCUT2D eigenvalue weighted by atomic mass is 16.3. The van der Waals surface area contributed by atoms with E-state index >= 15 is 0 Å². The molecule has 0 unspecified atom stereocenters. The highest BCUT2D eigenvalue weighted by Gasteiger charge is 2.31. The average Bonchev–Trinajstić information content (AvgIpc) is 3.26. The first kappa shape index (κ1) is 15.8. The second-order valence-corrected chi connectivity index (χ2v) is 7.46. The van der Waals surface area contributed by atoms with E-state index in [1.54, 1.807) is 12.4 Å². The summed E-state index contributed by atoms with van der Waals surface area (Å²) in [6, 6.07) is 4.60. The van der Waals surface area contributed by atoms with Crippen LogP contribution in [0.5, 0.6) is 0 Å². The van der Waals surface area contributed by atoms with Gasteiger partial charge >= 0.3 is 0 Å². The van der Waals surface area contributed by atoms with Crippen molar-refractivity contribution in [2.24, 2.45) is 0 Å². The fraction of sp³-hybridized carbons (Fsp3) is 0.474. The quantitative estimate of drug-likeness (QED) is 0.650. The van der Waals surface area contributed by atoms with E-state index in [4.69, 9.17) is 5.73 Å². The summed E-state index contributed by atoms with van der Waals surface area (Å²) in [5.41, 5.74) is 9.19. The lowest BCUT2D eigenvalue weighted by Crippen LogP contribution is -2.44. The topological polar surface area (TPSA) is 94.3 Å². The van der Waals surface area contributed by atoms with Crippen LogP contribution in [0, 0.1) is 0 Å². The molecule has 7 nitrogen and oxygen atoms in total. The number of β-amino-alcohol motifs (C(OH)–C–C–N with tert-alkyl or cyclic N) is 1. The molecule has 5 rings (SSSR count). The van der Waals surface area contributed by atoms with Gasteiger partial charge in [0.15, 0.2) is 0 Å². The lowest BCUT2D eigenvalue weighted by atomic mass is 10.0. The molecule has 2 saturated heterocycles. The molecule has 0 amide bonds. The van der Waals surface area contributed by atoms with Crippen LogP contribution in [0.2, 0.25) is 0 Å². The summed E-state index contributed by atoms with van der Waals surface area (Å²) >= 11 is 0. The Bertz CT molecular complexity index is 946. The Morgan fingerprint density at radius 3 is 2.77 bits per heavy atom. The molecular formula is C19H24N6O. The average molecular weight is 352 g/mol. The highest BCUT2D eigenvalue weighted by molar-refractivity contribution is 6.14. The molecule has 136 valence electrons. The normalized spacial score (nSPS) is 22.7. The Hall–Kier alpha value is -2.38. The Kier molecular flexibility index (Phi) is 3.72. The van der Waals surface area contributed by atoms with Crippen LogP contribution in [0.25, 0.3) is 21.9 Å². The lowest BCUT2D eigenvalue weighted by molar-refractivity contribution is 0.148. The summed E-state index contributed by atoms with van der Waals surface area (Å²) in [6.45, 7) is 3.74. The van der Waals surface area contributed by atoms with E-state index in [9.17, 15) is 5.11 Å². The van der Waals surface area contributed by atoms with Gasteiger partial charge in [0.05, 0.1) is 23.5 Å². The molecule has 3 aromatic rings. The minimum Gasteiger partial charge on any atom is -0.392 e. The second-order valence-electron chi connectivity index (χ2n) is 7.46. The van der Waals surface area contributed by atoms with E-state index < -0.39 is 0 Å². The largest absolute Gasteiger partial charge is 0.392 e. The molecule has 0 bridgehead atoms. The van der Waals surface area contributed by atoms with Gasteiger partial charge in [0.1, 0.15) is 11.5 Å². The first-order chi connectivity index (χ1) is 12.7. The SMILES string of the molecule is Nc1ncc2[nH]c3ncccc3c2c1N1CCC(N2CC[C@@H](O)C2)CC1. The third-order valence-corrected chi connectivity index (χ3v) is 5.90. The first-order valence-electron chi connectivity index (χ1n) is 9.38. The summed E-state index contributed by atoms with van der Waals surface area (Å²) in [6.07, 6.45) is 6.52. The van der Waals surface area contributed by atoms with Gasteiger partial charge in [-0.15, -0.1) is 0 Å². The van der Waals surface area contributed by atoms with Gasteiger partial charge in [-0.25, -0.2) is 9.97 Å². The molecule has 0 radical (unpaired) electrons. The summed E-state index contributed by atoms with van der Waals surface area (Å²) < 4.78 is 0. The number of hydrogen-bond donors (Lipinski definition) is 3. The number of hydrogen-bond acceptors (Lipinski definition) is 6. The number of rotatable bonds is 2. The molecule has 1 atom stereocenters. The maximum atomic E-state index is 9.81. The zero-order valence-electron chi connectivity index (χ0n) is 14.7. The van der Waals surface area contributed by atoms with Gasteiger partial charge in [-0.2, -0.15) is 0 Å². The van der Waals surface area contributed by atoms with Gasteiger partial charge in [0.2, 0.25) is 0 Å². The predicted octanol–water partition coefficient (Wildman–Crippen LogP) is 1.73. The van der Waals surface area contributed by atoms with Crippen molar-refractivity contribution in [1.82, 2.24) is 19.9 Å². The number of pyridine rings is 2. The van der Waals surface area contributed by atoms with Crippen LogP contribution in [-0.2, 0) is 0 Å². The Balaban J connectivity index is 1.47. The van der Waals surface area contributed by atoms with E-state index in [1.807, 2.05) is 6.07 Å². The first-order valence-corrected chi connectivity index (χ1v) is 9.38. The number of aliphatic hydroxyl groups is 1. The van der Waals surface area contributed by atoms with Crippen LogP contribution in [-0.4, -0.2) is 63.3 Å². The number of aromatic nitrogens is 3. The molecule has 2 fully saturated rings. The van der Waals surface area contributed by atoms with Crippen LogP contribution < -0.4 is 10.6 Å². The van der Waals surface area contributed by atoms with Crippen molar-refractivity contribution in [3.63, 3.8) is 0 Å². The van der Waals surface area contributed by atoms with Crippen LogP contribution in [0.4, 0.5) is 11.5 Å². The number of anilines is 2. The van der Waals surface area contributed by atoms with Crippen molar-refractivity contribution in [2.45, 2.75) is 31.4 Å². The Labute approximate surface area is 151 Å². The van der Waals surface area contributed by atoms with Crippen molar-refractivity contribution < 1.29 is 5.11 Å². The molecule has 5 heterocycles. The molecular weight excluding hydrogens is 328 g/mol. The monoisotopic (exact) mass is 352 g/mol. The van der Waals surface area contributed by atoms with Crippen LogP contribution in [0.15, 0.2) is 24.5 Å². The Morgan fingerprint density at radius 1 is 1.15 bits per heavy atom. The molecule has 0 spiro atoms. The van der Waals surface area contributed by atoms with Gasteiger partial charge in [0.25, 0.3) is 0 Å². The number of aliphatic hydroxyl groups excluding tert-OH is 1. The van der Waals surface area contributed by atoms with Gasteiger partial charge in [-0.1, -0.05) is 0 Å². The van der Waals surface area contributed by atoms with Gasteiger partial charge in [-0.05, 0) is 31.4 Å². The van der Waals surface area contributed by atoms with E-state index in [0.717, 1.165) is 73.1 Å². The molecule has 0 aliphatic carbocycles.